The van der Waals surface area contributed by atoms with E-state index in [2.05, 4.69) is 30.9 Å². The summed E-state index contributed by atoms with van der Waals surface area (Å²) in [4.78, 5) is 22.3. The van der Waals surface area contributed by atoms with E-state index >= 15 is 0 Å². The molecule has 3 aromatic rings. The van der Waals surface area contributed by atoms with Crippen LogP contribution in [-0.2, 0) is 9.53 Å². The molecule has 0 N–H and O–H groups in total. The standard InChI is InChI=1S/C25H31N3O4S/c1-18-15-19(2)24-20(16-18)26-25(33-24)28(10-6-9-27-11-13-31-14-12-27)23(29)17-32-22-8-5-4-7-21(22)30-3/h4-5,7-8,15-16H,6,9-14,17H2,1-3H3. The van der Waals surface area contributed by atoms with E-state index in [0.717, 1.165) is 49.5 Å². The number of ether oxygens (including phenoxy) is 3. The Hall–Kier alpha value is -2.68. The summed E-state index contributed by atoms with van der Waals surface area (Å²) in [5.74, 6) is 1.05. The number of aryl methyl sites for hydroxylation is 2. The molecule has 1 aromatic heterocycles. The maximum absolute atomic E-state index is 13.3. The molecule has 8 heteroatoms. The molecule has 4 rings (SSSR count). The van der Waals surface area contributed by atoms with Gasteiger partial charge in [-0.3, -0.25) is 14.6 Å². The van der Waals surface area contributed by atoms with Crippen LogP contribution in [0.1, 0.15) is 17.5 Å². The van der Waals surface area contributed by atoms with Gasteiger partial charge in [0.1, 0.15) is 0 Å². The first-order chi connectivity index (χ1) is 16.0. The zero-order chi connectivity index (χ0) is 23.2. The first-order valence-corrected chi connectivity index (χ1v) is 12.1. The normalized spacial score (nSPS) is 14.4. The fraction of sp³-hybridized carbons (Fsp3) is 0.440. The number of carbonyl (C=O) groups is 1. The molecule has 33 heavy (non-hydrogen) atoms. The Morgan fingerprint density at radius 3 is 2.70 bits per heavy atom. The molecule has 0 bridgehead atoms. The third-order valence-electron chi connectivity index (χ3n) is 5.72. The van der Waals surface area contributed by atoms with Gasteiger partial charge >= 0.3 is 0 Å². The summed E-state index contributed by atoms with van der Waals surface area (Å²) >= 11 is 1.56. The maximum atomic E-state index is 13.3. The Bertz CT molecular complexity index is 1090. The number of aromatic nitrogens is 1. The van der Waals surface area contributed by atoms with Crippen molar-refractivity contribution in [2.45, 2.75) is 20.3 Å². The SMILES string of the molecule is COc1ccccc1OCC(=O)N(CCCN1CCOCC1)c1nc2cc(C)cc(C)c2s1. The van der Waals surface area contributed by atoms with E-state index < -0.39 is 0 Å². The smallest absolute Gasteiger partial charge is 0.266 e. The van der Waals surface area contributed by atoms with Crippen LogP contribution in [0.25, 0.3) is 10.2 Å². The van der Waals surface area contributed by atoms with Crippen LogP contribution < -0.4 is 14.4 Å². The van der Waals surface area contributed by atoms with Crippen LogP contribution >= 0.6 is 11.3 Å². The predicted molar refractivity (Wildman–Crippen MR) is 132 cm³/mol. The quantitative estimate of drug-likeness (QED) is 0.471. The summed E-state index contributed by atoms with van der Waals surface area (Å²) < 4.78 is 17.7. The number of fused-ring (bicyclic) bond motifs is 1. The van der Waals surface area contributed by atoms with Gasteiger partial charge < -0.3 is 14.2 Å². The first kappa shape index (κ1) is 23.5. The van der Waals surface area contributed by atoms with Crippen LogP contribution in [0.5, 0.6) is 11.5 Å². The Morgan fingerprint density at radius 1 is 1.18 bits per heavy atom. The average Bonchev–Trinajstić information content (AvgIpc) is 3.25. The number of para-hydroxylation sites is 2. The van der Waals surface area contributed by atoms with Gasteiger partial charge in [-0.1, -0.05) is 29.5 Å². The molecule has 1 amide bonds. The lowest BCUT2D eigenvalue weighted by Gasteiger charge is -2.27. The fourth-order valence-corrected chi connectivity index (χ4v) is 5.10. The minimum atomic E-state index is -0.115. The number of carbonyl (C=O) groups excluding carboxylic acids is 1. The van der Waals surface area contributed by atoms with E-state index in [1.54, 1.807) is 29.4 Å². The highest BCUT2D eigenvalue weighted by Gasteiger charge is 2.22. The number of hydrogen-bond donors (Lipinski definition) is 0. The van der Waals surface area contributed by atoms with Crippen molar-refractivity contribution >= 4 is 32.6 Å². The van der Waals surface area contributed by atoms with Crippen molar-refractivity contribution in [1.82, 2.24) is 9.88 Å². The van der Waals surface area contributed by atoms with Crippen LogP contribution in [-0.4, -0.2) is 68.9 Å². The molecule has 1 aliphatic rings. The van der Waals surface area contributed by atoms with Crippen LogP contribution in [0.3, 0.4) is 0 Å². The van der Waals surface area contributed by atoms with Gasteiger partial charge in [-0.15, -0.1) is 0 Å². The minimum Gasteiger partial charge on any atom is -0.493 e. The molecule has 1 fully saturated rings. The van der Waals surface area contributed by atoms with E-state index in [9.17, 15) is 4.79 Å². The Labute approximate surface area is 198 Å². The summed E-state index contributed by atoms with van der Waals surface area (Å²) in [7, 11) is 1.59. The van der Waals surface area contributed by atoms with E-state index in [0.29, 0.717) is 23.2 Å². The molecule has 176 valence electrons. The summed E-state index contributed by atoms with van der Waals surface area (Å²) in [5.41, 5.74) is 3.28. The maximum Gasteiger partial charge on any atom is 0.266 e. The Kier molecular flexibility index (Phi) is 7.80. The number of methoxy groups -OCH3 is 1. The van der Waals surface area contributed by atoms with E-state index in [4.69, 9.17) is 19.2 Å². The second-order valence-corrected chi connectivity index (χ2v) is 9.20. The fourth-order valence-electron chi connectivity index (χ4n) is 4.04. The first-order valence-electron chi connectivity index (χ1n) is 11.3. The Morgan fingerprint density at radius 2 is 1.94 bits per heavy atom. The minimum absolute atomic E-state index is 0.0775. The summed E-state index contributed by atoms with van der Waals surface area (Å²) in [6.45, 7) is 9.00. The molecular formula is C25H31N3O4S. The second-order valence-electron chi connectivity index (χ2n) is 8.22. The summed E-state index contributed by atoms with van der Waals surface area (Å²) in [6, 6.07) is 11.6. The van der Waals surface area contributed by atoms with E-state index in [1.165, 1.54) is 11.1 Å². The van der Waals surface area contributed by atoms with Crippen molar-refractivity contribution < 1.29 is 19.0 Å². The number of thiazole rings is 1. The van der Waals surface area contributed by atoms with Crippen molar-refractivity contribution in [3.05, 3.63) is 47.5 Å². The lowest BCUT2D eigenvalue weighted by Crippen LogP contribution is -2.40. The van der Waals surface area contributed by atoms with Gasteiger partial charge in [0.25, 0.3) is 5.91 Å². The van der Waals surface area contributed by atoms with Crippen molar-refractivity contribution in [3.8, 4) is 11.5 Å². The molecule has 2 aromatic carbocycles. The Balaban J connectivity index is 1.51. The highest BCUT2D eigenvalue weighted by molar-refractivity contribution is 7.22. The zero-order valence-corrected chi connectivity index (χ0v) is 20.3. The molecule has 0 radical (unpaired) electrons. The van der Waals surface area contributed by atoms with Gasteiger partial charge in [0.2, 0.25) is 0 Å². The van der Waals surface area contributed by atoms with Crippen LogP contribution in [0.4, 0.5) is 5.13 Å². The molecule has 0 saturated carbocycles. The van der Waals surface area contributed by atoms with Crippen molar-refractivity contribution in [2.24, 2.45) is 0 Å². The largest absolute Gasteiger partial charge is 0.493 e. The topological polar surface area (TPSA) is 64.1 Å². The lowest BCUT2D eigenvalue weighted by molar-refractivity contribution is -0.120. The number of morpholine rings is 1. The number of nitrogens with zero attached hydrogens (tertiary/aromatic N) is 3. The lowest BCUT2D eigenvalue weighted by atomic mass is 10.1. The highest BCUT2D eigenvalue weighted by Crippen LogP contribution is 2.32. The highest BCUT2D eigenvalue weighted by atomic mass is 32.1. The molecule has 0 aliphatic carbocycles. The molecule has 0 spiro atoms. The number of rotatable bonds is 9. The van der Waals surface area contributed by atoms with Crippen molar-refractivity contribution in [2.75, 3.05) is 58.0 Å². The predicted octanol–water partition coefficient (Wildman–Crippen LogP) is 4.06. The summed E-state index contributed by atoms with van der Waals surface area (Å²) in [5, 5.41) is 0.717. The van der Waals surface area contributed by atoms with Gasteiger partial charge in [0.05, 0.1) is 30.5 Å². The summed E-state index contributed by atoms with van der Waals surface area (Å²) in [6.07, 6.45) is 0.855. The third kappa shape index (κ3) is 5.82. The van der Waals surface area contributed by atoms with Crippen molar-refractivity contribution in [3.63, 3.8) is 0 Å². The second kappa shape index (κ2) is 11.0. The van der Waals surface area contributed by atoms with Crippen LogP contribution in [0, 0.1) is 13.8 Å². The molecule has 7 nitrogen and oxygen atoms in total. The van der Waals surface area contributed by atoms with Crippen molar-refractivity contribution in [1.29, 1.82) is 0 Å². The van der Waals surface area contributed by atoms with Crippen LogP contribution in [0.15, 0.2) is 36.4 Å². The van der Waals surface area contributed by atoms with Gasteiger partial charge in [0.15, 0.2) is 23.2 Å². The molecular weight excluding hydrogens is 438 g/mol. The van der Waals surface area contributed by atoms with E-state index in [-0.39, 0.29) is 12.5 Å². The van der Waals surface area contributed by atoms with Gasteiger partial charge in [-0.05, 0) is 49.6 Å². The molecule has 1 aliphatic heterocycles. The average molecular weight is 470 g/mol. The number of anilines is 1. The molecule has 2 heterocycles. The van der Waals surface area contributed by atoms with Gasteiger partial charge in [-0.25, -0.2) is 4.98 Å². The molecule has 0 atom stereocenters. The molecule has 0 unspecified atom stereocenters. The number of benzene rings is 2. The molecule has 1 saturated heterocycles. The number of amides is 1. The zero-order valence-electron chi connectivity index (χ0n) is 19.5. The number of hydrogen-bond acceptors (Lipinski definition) is 7. The monoisotopic (exact) mass is 469 g/mol. The third-order valence-corrected chi connectivity index (χ3v) is 6.95. The van der Waals surface area contributed by atoms with Crippen LogP contribution in [0.2, 0.25) is 0 Å². The van der Waals surface area contributed by atoms with Gasteiger partial charge in [-0.2, -0.15) is 0 Å². The van der Waals surface area contributed by atoms with E-state index in [1.807, 2.05) is 18.2 Å². The van der Waals surface area contributed by atoms with Gasteiger partial charge in [0, 0.05) is 26.2 Å².